The van der Waals surface area contributed by atoms with Crippen LogP contribution in [0.25, 0.3) is 0 Å². The Morgan fingerprint density at radius 1 is 0.846 bits per heavy atom. The first kappa shape index (κ1) is 19.7. The van der Waals surface area contributed by atoms with Gasteiger partial charge in [-0.1, -0.05) is 50.6 Å². The highest BCUT2D eigenvalue weighted by Crippen LogP contribution is 2.24. The van der Waals surface area contributed by atoms with Crippen molar-refractivity contribution in [2.45, 2.75) is 53.4 Å². The molecular formula is C22H28N2O2. The summed E-state index contributed by atoms with van der Waals surface area (Å²) < 4.78 is 0. The number of hydrogen-bond donors (Lipinski definition) is 2. The van der Waals surface area contributed by atoms with E-state index in [0.29, 0.717) is 5.69 Å². The van der Waals surface area contributed by atoms with Crippen LogP contribution < -0.4 is 10.6 Å². The fourth-order valence-corrected chi connectivity index (χ4v) is 2.97. The van der Waals surface area contributed by atoms with Crippen LogP contribution in [-0.4, -0.2) is 11.8 Å². The monoisotopic (exact) mass is 352 g/mol. The number of amides is 2. The summed E-state index contributed by atoms with van der Waals surface area (Å²) >= 11 is 0. The van der Waals surface area contributed by atoms with Crippen LogP contribution in [-0.2, 0) is 15.0 Å². The van der Waals surface area contributed by atoms with Gasteiger partial charge in [0.25, 0.3) is 0 Å². The second-order valence-corrected chi connectivity index (χ2v) is 7.87. The smallest absolute Gasteiger partial charge is 0.233 e. The second kappa shape index (κ2) is 7.73. The van der Waals surface area contributed by atoms with Gasteiger partial charge in [-0.3, -0.25) is 9.59 Å². The highest BCUT2D eigenvalue weighted by atomic mass is 16.2. The zero-order valence-corrected chi connectivity index (χ0v) is 16.5. The fraction of sp³-hybridized carbons (Fsp3) is 0.364. The zero-order valence-electron chi connectivity index (χ0n) is 16.5. The van der Waals surface area contributed by atoms with E-state index in [4.69, 9.17) is 0 Å². The van der Waals surface area contributed by atoms with Gasteiger partial charge in [0, 0.05) is 11.4 Å². The van der Waals surface area contributed by atoms with Gasteiger partial charge >= 0.3 is 0 Å². The minimum Gasteiger partial charge on any atom is -0.326 e. The summed E-state index contributed by atoms with van der Waals surface area (Å²) in [4.78, 5) is 24.4. The average Bonchev–Trinajstić information content (AvgIpc) is 2.50. The third-order valence-corrected chi connectivity index (χ3v) is 4.30. The summed E-state index contributed by atoms with van der Waals surface area (Å²) in [5.41, 5.74) is 5.86. The number of hydrogen-bond acceptors (Lipinski definition) is 2. The van der Waals surface area contributed by atoms with Gasteiger partial charge in [0.15, 0.2) is 0 Å². The Hall–Kier alpha value is -2.62. The maximum atomic E-state index is 12.2. The molecular weight excluding hydrogens is 324 g/mol. The molecule has 0 spiro atoms. The maximum absolute atomic E-state index is 12.2. The Balaban J connectivity index is 1.96. The molecule has 2 N–H and O–H groups in total. The Morgan fingerprint density at radius 2 is 1.35 bits per heavy atom. The van der Waals surface area contributed by atoms with Crippen LogP contribution >= 0.6 is 0 Å². The Bertz CT molecular complexity index is 792. The molecule has 0 saturated carbocycles. The normalized spacial score (nSPS) is 11.2. The lowest BCUT2D eigenvalue weighted by molar-refractivity contribution is -0.123. The molecule has 0 bridgehead atoms. The first-order chi connectivity index (χ1) is 12.1. The molecule has 4 nitrogen and oxygen atoms in total. The zero-order chi connectivity index (χ0) is 19.5. The summed E-state index contributed by atoms with van der Waals surface area (Å²) in [6.45, 7) is 12.3. The van der Waals surface area contributed by atoms with Gasteiger partial charge in [-0.2, -0.15) is 0 Å². The molecule has 0 unspecified atom stereocenters. The highest BCUT2D eigenvalue weighted by molar-refractivity contribution is 6.08. The molecule has 0 aliphatic carbocycles. The van der Waals surface area contributed by atoms with E-state index in [-0.39, 0.29) is 23.7 Å². The van der Waals surface area contributed by atoms with Gasteiger partial charge in [-0.25, -0.2) is 0 Å². The van der Waals surface area contributed by atoms with Gasteiger partial charge in [-0.05, 0) is 55.0 Å². The minimum atomic E-state index is -0.326. The van der Waals surface area contributed by atoms with Crippen molar-refractivity contribution in [3.63, 3.8) is 0 Å². The van der Waals surface area contributed by atoms with Crippen molar-refractivity contribution < 1.29 is 9.59 Å². The Morgan fingerprint density at radius 3 is 1.85 bits per heavy atom. The van der Waals surface area contributed by atoms with Crippen molar-refractivity contribution >= 4 is 23.2 Å². The van der Waals surface area contributed by atoms with Crippen molar-refractivity contribution in [3.8, 4) is 0 Å². The molecule has 0 aliphatic heterocycles. The summed E-state index contributed by atoms with van der Waals surface area (Å²) in [5.74, 6) is -0.641. The van der Waals surface area contributed by atoms with E-state index >= 15 is 0 Å². The van der Waals surface area contributed by atoms with Gasteiger partial charge in [0.05, 0.1) is 0 Å². The van der Waals surface area contributed by atoms with Crippen LogP contribution in [0.1, 0.15) is 49.4 Å². The summed E-state index contributed by atoms with van der Waals surface area (Å²) in [6, 6.07) is 11.7. The predicted molar refractivity (Wildman–Crippen MR) is 108 cm³/mol. The van der Waals surface area contributed by atoms with E-state index in [1.54, 1.807) is 0 Å². The molecule has 0 aromatic heterocycles. The molecule has 2 aromatic rings. The number of nitrogens with one attached hydrogen (secondary N) is 2. The van der Waals surface area contributed by atoms with E-state index in [1.807, 2.05) is 57.2 Å². The maximum Gasteiger partial charge on any atom is 0.233 e. The van der Waals surface area contributed by atoms with Crippen molar-refractivity contribution in [1.82, 2.24) is 0 Å². The first-order valence-corrected chi connectivity index (χ1v) is 8.84. The molecule has 2 rings (SSSR count). The van der Waals surface area contributed by atoms with Crippen LogP contribution in [0, 0.1) is 20.8 Å². The average molecular weight is 352 g/mol. The molecule has 2 aromatic carbocycles. The Labute approximate surface area is 156 Å². The van der Waals surface area contributed by atoms with Crippen LogP contribution in [0.3, 0.4) is 0 Å². The van der Waals surface area contributed by atoms with Crippen LogP contribution in [0.2, 0.25) is 0 Å². The molecule has 138 valence electrons. The van der Waals surface area contributed by atoms with E-state index in [9.17, 15) is 9.59 Å². The lowest BCUT2D eigenvalue weighted by Gasteiger charge is -2.19. The van der Waals surface area contributed by atoms with Crippen molar-refractivity contribution in [2.75, 3.05) is 10.6 Å². The number of carbonyl (C=O) groups is 2. The number of rotatable bonds is 4. The minimum absolute atomic E-state index is 0.0617. The van der Waals surface area contributed by atoms with Crippen LogP contribution in [0.5, 0.6) is 0 Å². The van der Waals surface area contributed by atoms with Crippen molar-refractivity contribution in [3.05, 3.63) is 58.7 Å². The lowest BCUT2D eigenvalue weighted by Crippen LogP contribution is -2.22. The SMILES string of the molecule is Cc1cc(C)c(NC(=O)CC(=O)Nc2ccc(C(C)(C)C)cc2)c(C)c1. The summed E-state index contributed by atoms with van der Waals surface area (Å²) in [7, 11) is 0. The first-order valence-electron chi connectivity index (χ1n) is 8.84. The molecule has 0 heterocycles. The van der Waals surface area contributed by atoms with Crippen LogP contribution in [0.15, 0.2) is 36.4 Å². The van der Waals surface area contributed by atoms with Gasteiger partial charge < -0.3 is 10.6 Å². The Kier molecular flexibility index (Phi) is 5.86. The standard InChI is InChI=1S/C22H28N2O2/c1-14-11-15(2)21(16(3)12-14)24-20(26)13-19(25)23-18-9-7-17(8-10-18)22(4,5)6/h7-12H,13H2,1-6H3,(H,23,25)(H,24,26). The number of carbonyl (C=O) groups excluding carboxylic acids is 2. The summed E-state index contributed by atoms with van der Waals surface area (Å²) in [5, 5.41) is 5.63. The number of anilines is 2. The second-order valence-electron chi connectivity index (χ2n) is 7.87. The van der Waals surface area contributed by atoms with Crippen LogP contribution in [0.4, 0.5) is 11.4 Å². The molecule has 26 heavy (non-hydrogen) atoms. The van der Waals surface area contributed by atoms with Gasteiger partial charge in [0.1, 0.15) is 6.42 Å². The number of benzene rings is 2. The topological polar surface area (TPSA) is 58.2 Å². The molecule has 4 heteroatoms. The molecule has 0 fully saturated rings. The third-order valence-electron chi connectivity index (χ3n) is 4.30. The molecule has 2 amide bonds. The fourth-order valence-electron chi connectivity index (χ4n) is 2.97. The number of aryl methyl sites for hydroxylation is 3. The van der Waals surface area contributed by atoms with E-state index in [1.165, 1.54) is 5.56 Å². The molecule has 0 radical (unpaired) electrons. The van der Waals surface area contributed by atoms with Crippen molar-refractivity contribution in [2.24, 2.45) is 0 Å². The highest BCUT2D eigenvalue weighted by Gasteiger charge is 2.15. The van der Waals surface area contributed by atoms with E-state index < -0.39 is 0 Å². The third kappa shape index (κ3) is 5.19. The summed E-state index contributed by atoms with van der Waals surface area (Å²) in [6.07, 6.45) is -0.215. The lowest BCUT2D eigenvalue weighted by atomic mass is 9.87. The molecule has 0 atom stereocenters. The van der Waals surface area contributed by atoms with E-state index in [2.05, 4.69) is 31.4 Å². The van der Waals surface area contributed by atoms with Crippen molar-refractivity contribution in [1.29, 1.82) is 0 Å². The quantitative estimate of drug-likeness (QED) is 0.771. The van der Waals surface area contributed by atoms with E-state index in [0.717, 1.165) is 22.4 Å². The molecule has 0 saturated heterocycles. The van der Waals surface area contributed by atoms with Gasteiger partial charge in [-0.15, -0.1) is 0 Å². The predicted octanol–water partition coefficient (Wildman–Crippen LogP) is 4.88. The largest absolute Gasteiger partial charge is 0.326 e. The molecule has 0 aliphatic rings. The van der Waals surface area contributed by atoms with Gasteiger partial charge in [0.2, 0.25) is 11.8 Å².